The molecule has 0 bridgehead atoms. The SMILES string of the molecule is Cc1c(Cl)cccc1C(N)=NOC(=O)[C@@H]1CCCN1C(=O)OC(C)(C)C. The molecule has 0 unspecified atom stereocenters. The van der Waals surface area contributed by atoms with Gasteiger partial charge in [-0.3, -0.25) is 4.90 Å². The van der Waals surface area contributed by atoms with Crippen molar-refractivity contribution < 1.29 is 19.2 Å². The fraction of sp³-hybridized carbons (Fsp3) is 0.500. The maximum atomic E-state index is 12.4. The van der Waals surface area contributed by atoms with Crippen LogP contribution < -0.4 is 5.73 Å². The second kappa shape index (κ2) is 7.95. The minimum Gasteiger partial charge on any atom is -0.444 e. The van der Waals surface area contributed by atoms with Crippen molar-refractivity contribution in [2.45, 2.75) is 52.2 Å². The number of amidine groups is 1. The highest BCUT2D eigenvalue weighted by Crippen LogP contribution is 2.22. The van der Waals surface area contributed by atoms with E-state index in [2.05, 4.69) is 5.16 Å². The van der Waals surface area contributed by atoms with Gasteiger partial charge in [-0.1, -0.05) is 28.9 Å². The van der Waals surface area contributed by atoms with E-state index in [4.69, 9.17) is 26.9 Å². The van der Waals surface area contributed by atoms with Gasteiger partial charge in [-0.05, 0) is 52.2 Å². The first-order valence-electron chi connectivity index (χ1n) is 8.39. The van der Waals surface area contributed by atoms with Crippen LogP contribution in [0.4, 0.5) is 4.79 Å². The van der Waals surface area contributed by atoms with E-state index in [1.165, 1.54) is 4.90 Å². The van der Waals surface area contributed by atoms with Crippen LogP contribution in [0.15, 0.2) is 23.4 Å². The molecule has 2 rings (SSSR count). The van der Waals surface area contributed by atoms with Crippen LogP contribution in [0.3, 0.4) is 0 Å². The Morgan fingerprint density at radius 2 is 2.04 bits per heavy atom. The Kier molecular flexibility index (Phi) is 6.13. The van der Waals surface area contributed by atoms with Crippen LogP contribution in [0.5, 0.6) is 0 Å². The van der Waals surface area contributed by atoms with E-state index in [0.29, 0.717) is 30.0 Å². The summed E-state index contributed by atoms with van der Waals surface area (Å²) in [5, 5.41) is 4.26. The molecule has 142 valence electrons. The molecular formula is C18H24ClN3O4. The summed E-state index contributed by atoms with van der Waals surface area (Å²) in [4.78, 5) is 30.9. The number of oxime groups is 1. The maximum Gasteiger partial charge on any atom is 0.411 e. The lowest BCUT2D eigenvalue weighted by Crippen LogP contribution is -2.43. The summed E-state index contributed by atoms with van der Waals surface area (Å²) in [5.74, 6) is -0.601. The Hall–Kier alpha value is -2.28. The maximum absolute atomic E-state index is 12.4. The normalized spacial score (nSPS) is 18.0. The highest BCUT2D eigenvalue weighted by molar-refractivity contribution is 6.31. The zero-order chi connectivity index (χ0) is 19.5. The number of benzene rings is 1. The van der Waals surface area contributed by atoms with Crippen molar-refractivity contribution in [2.75, 3.05) is 6.54 Å². The number of ether oxygens (including phenoxy) is 1. The minimum atomic E-state index is -0.734. The van der Waals surface area contributed by atoms with Crippen molar-refractivity contribution in [3.05, 3.63) is 34.3 Å². The van der Waals surface area contributed by atoms with Gasteiger partial charge in [0.15, 0.2) is 5.84 Å². The molecule has 1 saturated heterocycles. The standard InChI is InChI=1S/C18H24ClN3O4/c1-11-12(7-5-8-13(11)19)15(20)21-26-16(23)14-9-6-10-22(14)17(24)25-18(2,3)4/h5,7-8,14H,6,9-10H2,1-4H3,(H2,20,21)/t14-/m0/s1. The first kappa shape index (κ1) is 20.0. The van der Waals surface area contributed by atoms with E-state index in [-0.39, 0.29) is 5.84 Å². The van der Waals surface area contributed by atoms with Crippen molar-refractivity contribution in [2.24, 2.45) is 10.9 Å². The molecule has 1 aromatic rings. The average molecular weight is 382 g/mol. The zero-order valence-corrected chi connectivity index (χ0v) is 16.2. The van der Waals surface area contributed by atoms with Crippen LogP contribution in [0.2, 0.25) is 5.02 Å². The van der Waals surface area contributed by atoms with Gasteiger partial charge >= 0.3 is 12.1 Å². The number of amides is 1. The number of nitrogens with zero attached hydrogens (tertiary/aromatic N) is 2. The number of likely N-dealkylation sites (tertiary alicyclic amines) is 1. The van der Waals surface area contributed by atoms with Crippen LogP contribution in [0.25, 0.3) is 0 Å². The number of rotatable bonds is 3. The fourth-order valence-corrected chi connectivity index (χ4v) is 2.81. The van der Waals surface area contributed by atoms with E-state index >= 15 is 0 Å². The summed E-state index contributed by atoms with van der Waals surface area (Å²) < 4.78 is 5.33. The van der Waals surface area contributed by atoms with Crippen LogP contribution in [0.1, 0.15) is 44.7 Å². The lowest BCUT2D eigenvalue weighted by atomic mass is 10.1. The van der Waals surface area contributed by atoms with E-state index in [0.717, 1.165) is 5.56 Å². The third-order valence-corrected chi connectivity index (χ3v) is 4.34. The molecule has 1 aromatic carbocycles. The van der Waals surface area contributed by atoms with E-state index < -0.39 is 23.7 Å². The molecule has 0 aromatic heterocycles. The van der Waals surface area contributed by atoms with Gasteiger partial charge in [0, 0.05) is 17.1 Å². The summed E-state index contributed by atoms with van der Waals surface area (Å²) in [7, 11) is 0. The molecule has 7 nitrogen and oxygen atoms in total. The molecule has 1 amide bonds. The van der Waals surface area contributed by atoms with Gasteiger partial charge in [-0.2, -0.15) is 0 Å². The number of nitrogens with two attached hydrogens (primary N) is 1. The van der Waals surface area contributed by atoms with Crippen molar-refractivity contribution in [3.8, 4) is 0 Å². The smallest absolute Gasteiger partial charge is 0.411 e. The lowest BCUT2D eigenvalue weighted by Gasteiger charge is -2.27. The highest BCUT2D eigenvalue weighted by Gasteiger charge is 2.38. The molecule has 0 aliphatic carbocycles. The van der Waals surface area contributed by atoms with E-state index in [9.17, 15) is 9.59 Å². The van der Waals surface area contributed by atoms with Crippen LogP contribution in [-0.2, 0) is 14.4 Å². The Morgan fingerprint density at radius 3 is 2.69 bits per heavy atom. The van der Waals surface area contributed by atoms with Crippen molar-refractivity contribution in [1.82, 2.24) is 4.90 Å². The third kappa shape index (κ3) is 4.88. The van der Waals surface area contributed by atoms with E-state index in [1.807, 2.05) is 0 Å². The number of halogens is 1. The molecule has 1 aliphatic rings. The Morgan fingerprint density at radius 1 is 1.35 bits per heavy atom. The van der Waals surface area contributed by atoms with Gasteiger partial charge in [0.2, 0.25) is 0 Å². The number of hydrogen-bond acceptors (Lipinski definition) is 5. The van der Waals surface area contributed by atoms with Crippen molar-refractivity contribution in [1.29, 1.82) is 0 Å². The molecule has 1 aliphatic heterocycles. The van der Waals surface area contributed by atoms with Gasteiger partial charge in [0.25, 0.3) is 0 Å². The molecule has 2 N–H and O–H groups in total. The minimum absolute atomic E-state index is 0.0418. The van der Waals surface area contributed by atoms with Crippen LogP contribution in [0, 0.1) is 6.92 Å². The van der Waals surface area contributed by atoms with Gasteiger partial charge in [-0.25, -0.2) is 9.59 Å². The zero-order valence-electron chi connectivity index (χ0n) is 15.4. The molecule has 26 heavy (non-hydrogen) atoms. The fourth-order valence-electron chi connectivity index (χ4n) is 2.64. The number of hydrogen-bond donors (Lipinski definition) is 1. The summed E-state index contributed by atoms with van der Waals surface area (Å²) in [5.41, 5.74) is 6.58. The number of carbonyl (C=O) groups is 2. The second-order valence-electron chi connectivity index (χ2n) is 7.13. The molecule has 1 atom stereocenters. The van der Waals surface area contributed by atoms with Gasteiger partial charge in [0.05, 0.1) is 0 Å². The summed E-state index contributed by atoms with van der Waals surface area (Å²) >= 11 is 6.05. The first-order chi connectivity index (χ1) is 12.1. The van der Waals surface area contributed by atoms with Gasteiger partial charge in [-0.15, -0.1) is 0 Å². The molecular weight excluding hydrogens is 358 g/mol. The topological polar surface area (TPSA) is 94.2 Å². The van der Waals surface area contributed by atoms with Gasteiger partial charge < -0.3 is 15.3 Å². The molecule has 8 heteroatoms. The summed E-state index contributed by atoms with van der Waals surface area (Å²) in [6.45, 7) is 7.54. The van der Waals surface area contributed by atoms with Crippen molar-refractivity contribution >= 4 is 29.5 Å². The Bertz CT molecular complexity index is 728. The van der Waals surface area contributed by atoms with E-state index in [1.54, 1.807) is 45.9 Å². The molecule has 0 radical (unpaired) electrons. The second-order valence-corrected chi connectivity index (χ2v) is 7.54. The third-order valence-electron chi connectivity index (χ3n) is 3.93. The summed E-state index contributed by atoms with van der Waals surface area (Å²) in [6.07, 6.45) is 0.634. The predicted octanol–water partition coefficient (Wildman–Crippen LogP) is 3.21. The molecule has 1 heterocycles. The highest BCUT2D eigenvalue weighted by atomic mass is 35.5. The lowest BCUT2D eigenvalue weighted by molar-refractivity contribution is -0.148. The van der Waals surface area contributed by atoms with Crippen molar-refractivity contribution in [3.63, 3.8) is 0 Å². The Labute approximate surface area is 158 Å². The van der Waals surface area contributed by atoms with Crippen LogP contribution in [-0.4, -0.2) is 41.0 Å². The first-order valence-corrected chi connectivity index (χ1v) is 8.77. The molecule has 1 fully saturated rings. The Balaban J connectivity index is 2.06. The molecule has 0 saturated carbocycles. The monoisotopic (exact) mass is 381 g/mol. The largest absolute Gasteiger partial charge is 0.444 e. The molecule has 0 spiro atoms. The average Bonchev–Trinajstić information content (AvgIpc) is 3.03. The quantitative estimate of drug-likeness (QED) is 0.375. The van der Waals surface area contributed by atoms with Crippen LogP contribution >= 0.6 is 11.6 Å². The van der Waals surface area contributed by atoms with Gasteiger partial charge in [0.1, 0.15) is 11.6 Å². The predicted molar refractivity (Wildman–Crippen MR) is 99.0 cm³/mol. The number of carbonyl (C=O) groups excluding carboxylic acids is 2. The summed E-state index contributed by atoms with van der Waals surface area (Å²) in [6, 6.07) is 4.46.